The molecule has 0 aliphatic rings. The van der Waals surface area contributed by atoms with Gasteiger partial charge in [-0.2, -0.15) is 0 Å². The molecule has 2 aromatic rings. The van der Waals surface area contributed by atoms with Gasteiger partial charge in [-0.15, -0.1) is 0 Å². The maximum Gasteiger partial charge on any atom is 0.161 e. The Bertz CT molecular complexity index is 638. The number of halogens is 1. The van der Waals surface area contributed by atoms with Crippen LogP contribution in [-0.2, 0) is 0 Å². The Morgan fingerprint density at radius 1 is 1.21 bits per heavy atom. The van der Waals surface area contributed by atoms with Crippen molar-refractivity contribution in [3.05, 3.63) is 52.5 Å². The molecular weight excluding hydrogens is 262 g/mol. The first-order valence-electron chi connectivity index (χ1n) is 5.82. The standard InChI is InChI=1S/C15H14ClNO2/c1-9-3-6-13(16)15(7-9)19-11-4-5-12(10(2)18)14(17)8-11/h3-8H,17H2,1-2H3. The fraction of sp³-hybridized carbons (Fsp3) is 0.133. The van der Waals surface area contributed by atoms with Gasteiger partial charge in [-0.3, -0.25) is 4.79 Å². The predicted octanol–water partition coefficient (Wildman–Crippen LogP) is 4.23. The molecule has 4 heteroatoms. The number of ether oxygens (including phenoxy) is 1. The molecule has 0 amide bonds. The minimum Gasteiger partial charge on any atom is -0.456 e. The molecule has 0 saturated heterocycles. The van der Waals surface area contributed by atoms with Gasteiger partial charge in [-0.1, -0.05) is 17.7 Å². The molecule has 0 unspecified atom stereocenters. The van der Waals surface area contributed by atoms with Crippen LogP contribution in [0.5, 0.6) is 11.5 Å². The highest BCUT2D eigenvalue weighted by molar-refractivity contribution is 6.32. The van der Waals surface area contributed by atoms with Crippen molar-refractivity contribution in [2.24, 2.45) is 0 Å². The SMILES string of the molecule is CC(=O)c1ccc(Oc2cc(C)ccc2Cl)cc1N. The summed E-state index contributed by atoms with van der Waals surface area (Å²) in [5, 5.41) is 0.528. The van der Waals surface area contributed by atoms with Crippen LogP contribution in [0, 0.1) is 6.92 Å². The number of benzene rings is 2. The quantitative estimate of drug-likeness (QED) is 0.674. The number of aryl methyl sites for hydroxylation is 1. The van der Waals surface area contributed by atoms with E-state index in [0.29, 0.717) is 27.8 Å². The summed E-state index contributed by atoms with van der Waals surface area (Å²) in [7, 11) is 0. The summed E-state index contributed by atoms with van der Waals surface area (Å²) >= 11 is 6.06. The Labute approximate surface area is 117 Å². The summed E-state index contributed by atoms with van der Waals surface area (Å²) in [6.07, 6.45) is 0. The first-order valence-corrected chi connectivity index (χ1v) is 6.19. The Morgan fingerprint density at radius 3 is 2.58 bits per heavy atom. The second-order valence-corrected chi connectivity index (χ2v) is 4.75. The van der Waals surface area contributed by atoms with Crippen molar-refractivity contribution >= 4 is 23.1 Å². The van der Waals surface area contributed by atoms with Crippen molar-refractivity contribution in [3.63, 3.8) is 0 Å². The highest BCUT2D eigenvalue weighted by Crippen LogP contribution is 2.31. The van der Waals surface area contributed by atoms with Crippen molar-refractivity contribution in [1.29, 1.82) is 0 Å². The molecule has 0 bridgehead atoms. The summed E-state index contributed by atoms with van der Waals surface area (Å²) < 4.78 is 5.68. The lowest BCUT2D eigenvalue weighted by atomic mass is 10.1. The molecule has 0 spiro atoms. The number of nitrogen functional groups attached to an aromatic ring is 1. The number of hydrogen-bond acceptors (Lipinski definition) is 3. The average molecular weight is 276 g/mol. The Hall–Kier alpha value is -2.00. The normalized spacial score (nSPS) is 10.3. The van der Waals surface area contributed by atoms with Crippen molar-refractivity contribution in [1.82, 2.24) is 0 Å². The first kappa shape index (κ1) is 13.4. The van der Waals surface area contributed by atoms with Crippen LogP contribution in [0.1, 0.15) is 22.8 Å². The lowest BCUT2D eigenvalue weighted by molar-refractivity contribution is 0.101. The second-order valence-electron chi connectivity index (χ2n) is 4.34. The molecule has 2 aromatic carbocycles. The zero-order valence-corrected chi connectivity index (χ0v) is 11.5. The van der Waals surface area contributed by atoms with E-state index in [-0.39, 0.29) is 5.78 Å². The van der Waals surface area contributed by atoms with Crippen molar-refractivity contribution in [3.8, 4) is 11.5 Å². The molecule has 0 radical (unpaired) electrons. The molecule has 3 nitrogen and oxygen atoms in total. The number of carbonyl (C=O) groups excluding carboxylic acids is 1. The summed E-state index contributed by atoms with van der Waals surface area (Å²) in [6, 6.07) is 10.5. The van der Waals surface area contributed by atoms with Crippen LogP contribution >= 0.6 is 11.6 Å². The largest absolute Gasteiger partial charge is 0.456 e. The molecule has 19 heavy (non-hydrogen) atoms. The summed E-state index contributed by atoms with van der Waals surface area (Å²) in [4.78, 5) is 11.3. The Morgan fingerprint density at radius 2 is 1.95 bits per heavy atom. The Balaban J connectivity index is 2.31. The molecular formula is C15H14ClNO2. The molecule has 98 valence electrons. The van der Waals surface area contributed by atoms with E-state index < -0.39 is 0 Å². The van der Waals surface area contributed by atoms with Gasteiger partial charge >= 0.3 is 0 Å². The lowest BCUT2D eigenvalue weighted by Gasteiger charge is -2.10. The molecule has 0 aliphatic heterocycles. The van der Waals surface area contributed by atoms with E-state index in [9.17, 15) is 4.79 Å². The molecule has 2 rings (SSSR count). The van der Waals surface area contributed by atoms with Crippen molar-refractivity contribution in [2.75, 3.05) is 5.73 Å². The summed E-state index contributed by atoms with van der Waals surface area (Å²) in [6.45, 7) is 3.43. The van der Waals surface area contributed by atoms with Crippen LogP contribution < -0.4 is 10.5 Å². The van der Waals surface area contributed by atoms with Crippen LogP contribution in [0.25, 0.3) is 0 Å². The van der Waals surface area contributed by atoms with Crippen LogP contribution in [0.3, 0.4) is 0 Å². The van der Waals surface area contributed by atoms with Gasteiger partial charge in [0.1, 0.15) is 11.5 Å². The minimum atomic E-state index is -0.0716. The number of Topliss-reactive ketones (excluding diaryl/α,β-unsaturated/α-hetero) is 1. The predicted molar refractivity (Wildman–Crippen MR) is 77.1 cm³/mol. The van der Waals surface area contributed by atoms with E-state index in [1.807, 2.05) is 19.1 Å². The zero-order valence-electron chi connectivity index (χ0n) is 10.7. The zero-order chi connectivity index (χ0) is 14.0. The number of hydrogen-bond donors (Lipinski definition) is 1. The van der Waals surface area contributed by atoms with Gasteiger partial charge in [-0.05, 0) is 43.7 Å². The van der Waals surface area contributed by atoms with Crippen LogP contribution in [0.15, 0.2) is 36.4 Å². The third kappa shape index (κ3) is 3.06. The smallest absolute Gasteiger partial charge is 0.161 e. The summed E-state index contributed by atoms with van der Waals surface area (Å²) in [5.41, 5.74) is 7.74. The van der Waals surface area contributed by atoms with E-state index in [1.54, 1.807) is 24.3 Å². The highest BCUT2D eigenvalue weighted by atomic mass is 35.5. The summed E-state index contributed by atoms with van der Waals surface area (Å²) in [5.74, 6) is 1.05. The average Bonchev–Trinajstić information content (AvgIpc) is 2.33. The topological polar surface area (TPSA) is 52.3 Å². The highest BCUT2D eigenvalue weighted by Gasteiger charge is 2.08. The Kier molecular flexibility index (Phi) is 3.76. The molecule has 0 fully saturated rings. The third-order valence-electron chi connectivity index (χ3n) is 2.72. The fourth-order valence-corrected chi connectivity index (χ4v) is 1.90. The van der Waals surface area contributed by atoms with E-state index in [1.165, 1.54) is 6.92 Å². The van der Waals surface area contributed by atoms with E-state index >= 15 is 0 Å². The second kappa shape index (κ2) is 5.33. The van der Waals surface area contributed by atoms with E-state index in [4.69, 9.17) is 22.1 Å². The van der Waals surface area contributed by atoms with Crippen LogP contribution in [0.2, 0.25) is 5.02 Å². The maximum absolute atomic E-state index is 11.3. The van der Waals surface area contributed by atoms with Gasteiger partial charge in [0.2, 0.25) is 0 Å². The minimum absolute atomic E-state index is 0.0716. The van der Waals surface area contributed by atoms with E-state index in [0.717, 1.165) is 5.56 Å². The lowest BCUT2D eigenvalue weighted by Crippen LogP contribution is -1.99. The third-order valence-corrected chi connectivity index (χ3v) is 3.03. The van der Waals surface area contributed by atoms with Gasteiger partial charge in [0.05, 0.1) is 5.02 Å². The van der Waals surface area contributed by atoms with E-state index in [2.05, 4.69) is 0 Å². The number of rotatable bonds is 3. The van der Waals surface area contributed by atoms with Gasteiger partial charge in [0.25, 0.3) is 0 Å². The molecule has 2 N–H and O–H groups in total. The monoisotopic (exact) mass is 275 g/mol. The number of ketones is 1. The number of nitrogens with two attached hydrogens (primary N) is 1. The molecule has 0 aliphatic carbocycles. The van der Waals surface area contributed by atoms with Crippen molar-refractivity contribution < 1.29 is 9.53 Å². The fourth-order valence-electron chi connectivity index (χ4n) is 1.74. The molecule has 0 aromatic heterocycles. The van der Waals surface area contributed by atoms with Crippen molar-refractivity contribution in [2.45, 2.75) is 13.8 Å². The van der Waals surface area contributed by atoms with Gasteiger partial charge < -0.3 is 10.5 Å². The maximum atomic E-state index is 11.3. The molecule has 0 saturated carbocycles. The van der Waals surface area contributed by atoms with Crippen LogP contribution in [0.4, 0.5) is 5.69 Å². The van der Waals surface area contributed by atoms with Gasteiger partial charge in [0, 0.05) is 17.3 Å². The van der Waals surface area contributed by atoms with Gasteiger partial charge in [-0.25, -0.2) is 0 Å². The molecule has 0 heterocycles. The number of carbonyl (C=O) groups is 1. The number of anilines is 1. The van der Waals surface area contributed by atoms with Gasteiger partial charge in [0.15, 0.2) is 5.78 Å². The first-order chi connectivity index (χ1) is 8.97. The van der Waals surface area contributed by atoms with Crippen LogP contribution in [-0.4, -0.2) is 5.78 Å². The molecule has 0 atom stereocenters.